The largest absolute Gasteiger partial charge is 0.449 e. The lowest BCUT2D eigenvalue weighted by molar-refractivity contribution is 0.158. The predicted molar refractivity (Wildman–Crippen MR) is 67.3 cm³/mol. The molecule has 1 amide bonds. The van der Waals surface area contributed by atoms with Gasteiger partial charge in [0.15, 0.2) is 0 Å². The number of carbonyl (C=O) groups excluding carboxylic acids is 1. The number of nitrogens with one attached hydrogen (secondary N) is 3. The molecular weight excluding hydrogens is 258 g/mol. The number of hydrogen-bond donors (Lipinski definition) is 3. The number of amides is 1. The Morgan fingerprint density at radius 1 is 1.39 bits per heavy atom. The number of piperidine rings is 1. The molecule has 3 atom stereocenters. The number of ether oxygens (including phenoxy) is 1. The molecule has 1 saturated heterocycles. The van der Waals surface area contributed by atoms with Crippen molar-refractivity contribution in [1.82, 2.24) is 14.8 Å². The fourth-order valence-electron chi connectivity index (χ4n) is 1.99. The van der Waals surface area contributed by atoms with Gasteiger partial charge in [-0.05, 0) is 33.6 Å². The van der Waals surface area contributed by atoms with Gasteiger partial charge in [-0.1, -0.05) is 0 Å². The second-order valence-corrected chi connectivity index (χ2v) is 5.93. The van der Waals surface area contributed by atoms with Gasteiger partial charge < -0.3 is 10.1 Å². The van der Waals surface area contributed by atoms with Crippen LogP contribution >= 0.6 is 0 Å². The highest BCUT2D eigenvalue weighted by Crippen LogP contribution is 2.13. The molecule has 106 valence electrons. The Hall–Kier alpha value is -0.860. The maximum absolute atomic E-state index is 11.7. The summed E-state index contributed by atoms with van der Waals surface area (Å²) in [5, 5.41) is 3.26. The van der Waals surface area contributed by atoms with Gasteiger partial charge in [0, 0.05) is 18.1 Å². The monoisotopic (exact) mass is 279 g/mol. The van der Waals surface area contributed by atoms with Gasteiger partial charge in [0.25, 0.3) is 0 Å². The van der Waals surface area contributed by atoms with Crippen molar-refractivity contribution in [1.29, 1.82) is 0 Å². The van der Waals surface area contributed by atoms with E-state index in [2.05, 4.69) is 21.7 Å². The van der Waals surface area contributed by atoms with Gasteiger partial charge in [-0.15, -0.1) is 0 Å². The zero-order chi connectivity index (χ0) is 13.8. The van der Waals surface area contributed by atoms with Gasteiger partial charge in [-0.2, -0.15) is 13.1 Å². The van der Waals surface area contributed by atoms with E-state index in [1.807, 2.05) is 11.6 Å². The summed E-state index contributed by atoms with van der Waals surface area (Å²) in [7, 11) is -3.87. The Bertz CT molecular complexity index is 385. The van der Waals surface area contributed by atoms with Gasteiger partial charge in [-0.3, -0.25) is 0 Å². The molecule has 0 aromatic carbocycles. The molecule has 0 radical (unpaired) electrons. The molecule has 0 aliphatic carbocycles. The molecule has 7 nitrogen and oxygen atoms in total. The summed E-state index contributed by atoms with van der Waals surface area (Å²) < 4.78 is 32.1. The summed E-state index contributed by atoms with van der Waals surface area (Å²) in [4.78, 5) is 11.1. The van der Waals surface area contributed by atoms with Crippen LogP contribution in [0.4, 0.5) is 4.79 Å². The second-order valence-electron chi connectivity index (χ2n) is 4.48. The fourth-order valence-corrected chi connectivity index (χ4v) is 3.05. The van der Waals surface area contributed by atoms with Crippen LogP contribution in [0.1, 0.15) is 33.6 Å². The van der Waals surface area contributed by atoms with Gasteiger partial charge >= 0.3 is 16.3 Å². The summed E-state index contributed by atoms with van der Waals surface area (Å²) in [5.74, 6) is 0. The van der Waals surface area contributed by atoms with Gasteiger partial charge in [0.2, 0.25) is 0 Å². The Morgan fingerprint density at radius 3 is 2.61 bits per heavy atom. The molecule has 18 heavy (non-hydrogen) atoms. The van der Waals surface area contributed by atoms with Crippen molar-refractivity contribution >= 4 is 16.3 Å². The lowest BCUT2D eigenvalue weighted by Crippen LogP contribution is -2.57. The summed E-state index contributed by atoms with van der Waals surface area (Å²) in [5.41, 5.74) is 0. The van der Waals surface area contributed by atoms with Gasteiger partial charge in [0.05, 0.1) is 6.61 Å². The van der Waals surface area contributed by atoms with Crippen LogP contribution in [-0.4, -0.2) is 39.2 Å². The van der Waals surface area contributed by atoms with Crippen LogP contribution < -0.4 is 14.8 Å². The predicted octanol–water partition coefficient (Wildman–Crippen LogP) is 0.0959. The van der Waals surface area contributed by atoms with E-state index < -0.39 is 16.3 Å². The first kappa shape index (κ1) is 15.2. The van der Waals surface area contributed by atoms with Crippen LogP contribution in [0.15, 0.2) is 0 Å². The van der Waals surface area contributed by atoms with Crippen molar-refractivity contribution in [2.75, 3.05) is 6.61 Å². The zero-order valence-electron chi connectivity index (χ0n) is 10.9. The molecule has 0 saturated carbocycles. The number of carbonyl (C=O) groups is 1. The maximum Gasteiger partial charge on any atom is 0.421 e. The smallest absolute Gasteiger partial charge is 0.421 e. The first-order valence-electron chi connectivity index (χ1n) is 6.07. The minimum atomic E-state index is -3.87. The third kappa shape index (κ3) is 4.79. The second kappa shape index (κ2) is 6.35. The average molecular weight is 279 g/mol. The van der Waals surface area contributed by atoms with Crippen molar-refractivity contribution in [3.05, 3.63) is 0 Å². The molecule has 8 heteroatoms. The van der Waals surface area contributed by atoms with E-state index in [0.717, 1.165) is 12.8 Å². The molecule has 0 aromatic rings. The van der Waals surface area contributed by atoms with E-state index in [1.54, 1.807) is 6.92 Å². The van der Waals surface area contributed by atoms with Crippen LogP contribution in [0.3, 0.4) is 0 Å². The Kier molecular flexibility index (Phi) is 5.36. The Balaban J connectivity index is 2.52. The van der Waals surface area contributed by atoms with Crippen LogP contribution in [0.2, 0.25) is 0 Å². The molecule has 3 N–H and O–H groups in total. The van der Waals surface area contributed by atoms with E-state index in [9.17, 15) is 13.2 Å². The Labute approximate surface area is 108 Å². The lowest BCUT2D eigenvalue weighted by Gasteiger charge is -2.34. The van der Waals surface area contributed by atoms with Crippen LogP contribution in [0, 0.1) is 0 Å². The highest BCUT2D eigenvalue weighted by molar-refractivity contribution is 7.88. The lowest BCUT2D eigenvalue weighted by atomic mass is 9.96. The number of hydrogen-bond acceptors (Lipinski definition) is 5. The average Bonchev–Trinajstić information content (AvgIpc) is 2.21. The van der Waals surface area contributed by atoms with E-state index in [1.165, 1.54) is 0 Å². The van der Waals surface area contributed by atoms with Gasteiger partial charge in [-0.25, -0.2) is 9.52 Å². The third-order valence-electron chi connectivity index (χ3n) is 2.86. The van der Waals surface area contributed by atoms with Crippen molar-refractivity contribution < 1.29 is 17.9 Å². The van der Waals surface area contributed by atoms with Gasteiger partial charge in [0.1, 0.15) is 0 Å². The fraction of sp³-hybridized carbons (Fsp3) is 0.900. The van der Waals surface area contributed by atoms with Crippen molar-refractivity contribution in [3.63, 3.8) is 0 Å². The Morgan fingerprint density at radius 2 is 2.06 bits per heavy atom. The third-order valence-corrected chi connectivity index (χ3v) is 3.91. The number of rotatable bonds is 4. The minimum Gasteiger partial charge on any atom is -0.449 e. The highest BCUT2D eigenvalue weighted by Gasteiger charge is 2.29. The van der Waals surface area contributed by atoms with E-state index in [0.29, 0.717) is 6.04 Å². The minimum absolute atomic E-state index is 0.0209. The SMILES string of the molecule is CCOC(=O)NS(=O)(=O)NC1CCC(C)NC1C. The molecule has 1 fully saturated rings. The molecule has 1 aliphatic heterocycles. The first-order chi connectivity index (χ1) is 8.34. The normalized spacial score (nSPS) is 28.7. The summed E-state index contributed by atoms with van der Waals surface area (Å²) in [6.45, 7) is 5.69. The molecule has 1 rings (SSSR count). The van der Waals surface area contributed by atoms with Crippen molar-refractivity contribution in [3.8, 4) is 0 Å². The molecule has 0 bridgehead atoms. The quantitative estimate of drug-likeness (QED) is 0.678. The standard InChI is InChI=1S/C10H21N3O4S/c1-4-17-10(14)13-18(15,16)12-9-6-5-7(2)11-8(9)3/h7-9,11-12H,4-6H2,1-3H3,(H,13,14). The van der Waals surface area contributed by atoms with E-state index in [4.69, 9.17) is 0 Å². The van der Waals surface area contributed by atoms with Crippen LogP contribution in [0.25, 0.3) is 0 Å². The molecule has 3 unspecified atom stereocenters. The molecule has 0 aromatic heterocycles. The zero-order valence-corrected chi connectivity index (χ0v) is 11.7. The first-order valence-corrected chi connectivity index (χ1v) is 7.55. The van der Waals surface area contributed by atoms with Crippen LogP contribution in [-0.2, 0) is 14.9 Å². The highest BCUT2D eigenvalue weighted by atomic mass is 32.2. The maximum atomic E-state index is 11.7. The summed E-state index contributed by atoms with van der Waals surface area (Å²) >= 11 is 0. The van der Waals surface area contributed by atoms with Crippen molar-refractivity contribution in [2.24, 2.45) is 0 Å². The molecule has 1 heterocycles. The topological polar surface area (TPSA) is 96.5 Å². The van der Waals surface area contributed by atoms with E-state index in [-0.39, 0.29) is 18.7 Å². The summed E-state index contributed by atoms with van der Waals surface area (Å²) in [6.07, 6.45) is 0.658. The summed E-state index contributed by atoms with van der Waals surface area (Å²) in [6, 6.07) is 0.166. The molecule has 0 spiro atoms. The van der Waals surface area contributed by atoms with Crippen molar-refractivity contribution in [2.45, 2.75) is 51.7 Å². The van der Waals surface area contributed by atoms with E-state index >= 15 is 0 Å². The van der Waals surface area contributed by atoms with Crippen LogP contribution in [0.5, 0.6) is 0 Å². The molecular formula is C10H21N3O4S. The molecule has 1 aliphatic rings.